The first-order chi connectivity index (χ1) is 8.08. The maximum absolute atomic E-state index is 10.8. The second-order valence-electron chi connectivity index (χ2n) is 3.95. The van der Waals surface area contributed by atoms with Crippen LogP contribution in [0.25, 0.3) is 11.2 Å². The van der Waals surface area contributed by atoms with E-state index in [2.05, 4.69) is 15.3 Å². The molecule has 0 atom stereocenters. The molecular weight excluding hydrogens is 236 g/mol. The highest BCUT2D eigenvalue weighted by atomic mass is 32.1. The van der Waals surface area contributed by atoms with Gasteiger partial charge in [0.15, 0.2) is 10.4 Å². The average molecular weight is 250 g/mol. The molecule has 0 aliphatic heterocycles. The number of pyridine rings is 1. The lowest BCUT2D eigenvalue weighted by Gasteiger charge is -2.04. The predicted molar refractivity (Wildman–Crippen MR) is 68.3 cm³/mol. The number of hydrogen-bond acceptors (Lipinski definition) is 3. The Labute approximate surface area is 104 Å². The third kappa shape index (κ3) is 2.52. The van der Waals surface area contributed by atoms with Crippen LogP contribution < -0.4 is 5.32 Å². The number of rotatable bonds is 3. The molecule has 1 amide bonds. The Bertz CT molecular complexity index is 613. The average Bonchev–Trinajstić information content (AvgIpc) is 2.54. The highest BCUT2D eigenvalue weighted by Gasteiger charge is 2.05. The van der Waals surface area contributed by atoms with Crippen LogP contribution in [0, 0.1) is 11.7 Å². The number of nitrogens with zero attached hydrogens (tertiary/aromatic N) is 2. The summed E-state index contributed by atoms with van der Waals surface area (Å²) in [5, 5.41) is 2.74. The van der Waals surface area contributed by atoms with Crippen molar-refractivity contribution in [2.75, 3.05) is 6.54 Å². The Morgan fingerprint density at radius 2 is 2.41 bits per heavy atom. The molecule has 0 saturated carbocycles. The maximum atomic E-state index is 10.8. The predicted octanol–water partition coefficient (Wildman–Crippen LogP) is 1.54. The number of H-pyrrole nitrogens is 1. The summed E-state index contributed by atoms with van der Waals surface area (Å²) >= 11 is 5.23. The maximum Gasteiger partial charge on any atom is 0.216 e. The molecule has 90 valence electrons. The van der Waals surface area contributed by atoms with Crippen LogP contribution in [-0.2, 0) is 11.3 Å². The molecule has 2 aromatic rings. The molecule has 0 aliphatic rings. The lowest BCUT2D eigenvalue weighted by molar-refractivity contribution is -0.118. The quantitative estimate of drug-likeness (QED) is 0.812. The number of carbonyl (C=O) groups excluding carboxylic acids is 1. The first kappa shape index (κ1) is 11.8. The highest BCUT2D eigenvalue weighted by molar-refractivity contribution is 7.71. The summed E-state index contributed by atoms with van der Waals surface area (Å²) in [6, 6.07) is 2.01. The summed E-state index contributed by atoms with van der Waals surface area (Å²) < 4.78 is 2.52. The fraction of sp³-hybridized carbons (Fsp3) is 0.364. The molecular formula is C11H14N4OS. The van der Waals surface area contributed by atoms with E-state index >= 15 is 0 Å². The Balaban J connectivity index is 2.30. The Hall–Kier alpha value is -1.69. The van der Waals surface area contributed by atoms with Crippen LogP contribution in [0.15, 0.2) is 12.3 Å². The van der Waals surface area contributed by atoms with Gasteiger partial charge in [0.1, 0.15) is 0 Å². The highest BCUT2D eigenvalue weighted by Crippen LogP contribution is 2.12. The Kier molecular flexibility index (Phi) is 3.23. The number of aromatic nitrogens is 3. The molecule has 17 heavy (non-hydrogen) atoms. The van der Waals surface area contributed by atoms with E-state index in [0.717, 1.165) is 16.7 Å². The number of fused-ring (bicyclic) bond motifs is 1. The van der Waals surface area contributed by atoms with E-state index in [9.17, 15) is 4.79 Å². The molecule has 0 aromatic carbocycles. The van der Waals surface area contributed by atoms with Crippen molar-refractivity contribution in [1.29, 1.82) is 0 Å². The van der Waals surface area contributed by atoms with Gasteiger partial charge in [0.05, 0.1) is 5.52 Å². The summed E-state index contributed by atoms with van der Waals surface area (Å²) in [6.07, 6.45) is 1.81. The Morgan fingerprint density at radius 3 is 3.12 bits per heavy atom. The molecule has 0 spiro atoms. The van der Waals surface area contributed by atoms with Gasteiger partial charge in [-0.05, 0) is 30.8 Å². The second-order valence-corrected chi connectivity index (χ2v) is 4.34. The molecule has 0 bridgehead atoms. The van der Waals surface area contributed by atoms with Crippen LogP contribution in [-0.4, -0.2) is 27.0 Å². The Morgan fingerprint density at radius 1 is 1.65 bits per heavy atom. The molecule has 0 aliphatic carbocycles. The van der Waals surface area contributed by atoms with Gasteiger partial charge in [0.25, 0.3) is 0 Å². The van der Waals surface area contributed by atoms with Crippen molar-refractivity contribution in [2.45, 2.75) is 20.4 Å². The molecule has 2 heterocycles. The number of nitrogens with one attached hydrogen (secondary N) is 2. The smallest absolute Gasteiger partial charge is 0.216 e. The fourth-order valence-corrected chi connectivity index (χ4v) is 1.99. The van der Waals surface area contributed by atoms with Crippen molar-refractivity contribution in [3.8, 4) is 0 Å². The van der Waals surface area contributed by atoms with Crippen molar-refractivity contribution < 1.29 is 4.79 Å². The summed E-state index contributed by atoms with van der Waals surface area (Å²) in [5.74, 6) is -0.0415. The monoisotopic (exact) mass is 250 g/mol. The van der Waals surface area contributed by atoms with Crippen LogP contribution >= 0.6 is 12.2 Å². The van der Waals surface area contributed by atoms with Gasteiger partial charge < -0.3 is 10.3 Å². The van der Waals surface area contributed by atoms with E-state index in [1.54, 1.807) is 6.20 Å². The van der Waals surface area contributed by atoms with Gasteiger partial charge in [0.2, 0.25) is 5.91 Å². The molecule has 2 N–H and O–H groups in total. The second kappa shape index (κ2) is 4.67. The molecule has 6 heteroatoms. The van der Waals surface area contributed by atoms with Gasteiger partial charge >= 0.3 is 0 Å². The molecule has 2 rings (SSSR count). The van der Waals surface area contributed by atoms with Crippen LogP contribution in [0.4, 0.5) is 0 Å². The van der Waals surface area contributed by atoms with Gasteiger partial charge in [-0.15, -0.1) is 0 Å². The molecule has 0 fully saturated rings. The minimum Gasteiger partial charge on any atom is -0.355 e. The zero-order valence-electron chi connectivity index (χ0n) is 9.78. The van der Waals surface area contributed by atoms with Gasteiger partial charge in [-0.1, -0.05) is 0 Å². The molecule has 0 saturated heterocycles. The van der Waals surface area contributed by atoms with Crippen LogP contribution in [0.5, 0.6) is 0 Å². The van der Waals surface area contributed by atoms with Crippen molar-refractivity contribution >= 4 is 29.3 Å². The fourth-order valence-electron chi connectivity index (χ4n) is 1.70. The SMILES string of the molecule is CC(=O)NCCn1c(=S)[nH]c2cc(C)cnc21. The lowest BCUT2D eigenvalue weighted by Crippen LogP contribution is -2.24. The van der Waals surface area contributed by atoms with Crippen LogP contribution in [0.2, 0.25) is 0 Å². The van der Waals surface area contributed by atoms with E-state index in [1.165, 1.54) is 6.92 Å². The number of carbonyl (C=O) groups is 1. The van der Waals surface area contributed by atoms with Crippen LogP contribution in [0.1, 0.15) is 12.5 Å². The third-order valence-electron chi connectivity index (χ3n) is 2.46. The largest absolute Gasteiger partial charge is 0.355 e. The number of aryl methyl sites for hydroxylation is 1. The zero-order chi connectivity index (χ0) is 12.4. The van der Waals surface area contributed by atoms with Gasteiger partial charge in [-0.3, -0.25) is 9.36 Å². The minimum atomic E-state index is -0.0415. The van der Waals surface area contributed by atoms with Gasteiger partial charge in [-0.25, -0.2) is 4.98 Å². The summed E-state index contributed by atoms with van der Waals surface area (Å²) in [4.78, 5) is 18.3. The van der Waals surface area contributed by atoms with E-state index in [0.29, 0.717) is 17.9 Å². The van der Waals surface area contributed by atoms with Gasteiger partial charge in [-0.2, -0.15) is 0 Å². The van der Waals surface area contributed by atoms with E-state index in [-0.39, 0.29) is 5.91 Å². The molecule has 0 unspecified atom stereocenters. The lowest BCUT2D eigenvalue weighted by atomic mass is 10.3. The van der Waals surface area contributed by atoms with Gasteiger partial charge in [0, 0.05) is 26.2 Å². The number of aromatic amines is 1. The van der Waals surface area contributed by atoms with Crippen molar-refractivity contribution in [2.24, 2.45) is 0 Å². The van der Waals surface area contributed by atoms with Crippen LogP contribution in [0.3, 0.4) is 0 Å². The van der Waals surface area contributed by atoms with E-state index in [1.807, 2.05) is 17.6 Å². The summed E-state index contributed by atoms with van der Waals surface area (Å²) in [6.45, 7) is 4.65. The number of imidazole rings is 1. The normalized spacial score (nSPS) is 10.7. The molecule has 5 nitrogen and oxygen atoms in total. The van der Waals surface area contributed by atoms with E-state index in [4.69, 9.17) is 12.2 Å². The minimum absolute atomic E-state index is 0.0415. The zero-order valence-corrected chi connectivity index (χ0v) is 10.6. The molecule has 2 aromatic heterocycles. The third-order valence-corrected chi connectivity index (χ3v) is 2.78. The summed E-state index contributed by atoms with van der Waals surface area (Å²) in [7, 11) is 0. The standard InChI is InChI=1S/C11H14N4OS/c1-7-5-9-10(13-6-7)15(11(17)14-9)4-3-12-8(2)16/h5-6H,3-4H2,1-2H3,(H,12,16)(H,14,17). The van der Waals surface area contributed by atoms with Crippen molar-refractivity contribution in [1.82, 2.24) is 19.9 Å². The number of amides is 1. The summed E-state index contributed by atoms with van der Waals surface area (Å²) in [5.41, 5.74) is 2.84. The topological polar surface area (TPSA) is 62.7 Å². The molecule has 0 radical (unpaired) electrons. The first-order valence-corrected chi connectivity index (χ1v) is 5.78. The first-order valence-electron chi connectivity index (χ1n) is 5.37. The van der Waals surface area contributed by atoms with E-state index < -0.39 is 0 Å². The number of hydrogen-bond donors (Lipinski definition) is 2. The van der Waals surface area contributed by atoms with Crippen molar-refractivity contribution in [3.63, 3.8) is 0 Å². The van der Waals surface area contributed by atoms with Crippen molar-refractivity contribution in [3.05, 3.63) is 22.6 Å².